The second-order valence-electron chi connectivity index (χ2n) is 6.34. The van der Waals surface area contributed by atoms with Gasteiger partial charge in [-0.3, -0.25) is 4.79 Å². The molecule has 136 valence electrons. The fourth-order valence-corrected chi connectivity index (χ4v) is 2.97. The molecule has 0 atom stereocenters. The molecule has 3 heterocycles. The third kappa shape index (κ3) is 3.54. The highest BCUT2D eigenvalue weighted by atomic mass is 35.5. The van der Waals surface area contributed by atoms with Crippen LogP contribution in [-0.4, -0.2) is 29.3 Å². The Balaban J connectivity index is 1.44. The quantitative estimate of drug-likeness (QED) is 0.691. The van der Waals surface area contributed by atoms with Crippen LogP contribution in [-0.2, 0) is 22.7 Å². The fourth-order valence-electron chi connectivity index (χ4n) is 2.75. The van der Waals surface area contributed by atoms with Crippen LogP contribution in [0.1, 0.15) is 17.1 Å². The summed E-state index contributed by atoms with van der Waals surface area (Å²) in [5.41, 5.74) is 2.58. The Morgan fingerprint density at radius 2 is 2.23 bits per heavy atom. The zero-order valence-corrected chi connectivity index (χ0v) is 14.9. The molecule has 2 aromatic heterocycles. The summed E-state index contributed by atoms with van der Waals surface area (Å²) in [6.07, 6.45) is 0. The van der Waals surface area contributed by atoms with E-state index in [4.69, 9.17) is 25.6 Å². The van der Waals surface area contributed by atoms with E-state index in [2.05, 4.69) is 15.5 Å². The van der Waals surface area contributed by atoms with Gasteiger partial charge in [-0.1, -0.05) is 16.8 Å². The molecule has 4 rings (SSSR count). The Kier molecular flexibility index (Phi) is 4.57. The SMILES string of the molecule is Cc1cc(COc2cc3[nH]c(CNC(=O)C4COC4)cc3cc2Cl)on1. The van der Waals surface area contributed by atoms with Crippen molar-refractivity contribution < 1.29 is 18.8 Å². The summed E-state index contributed by atoms with van der Waals surface area (Å²) in [4.78, 5) is 15.2. The Labute approximate surface area is 154 Å². The van der Waals surface area contributed by atoms with Crippen LogP contribution in [0.2, 0.25) is 5.02 Å². The summed E-state index contributed by atoms with van der Waals surface area (Å²) in [6, 6.07) is 7.45. The molecule has 0 radical (unpaired) electrons. The number of aromatic amines is 1. The minimum absolute atomic E-state index is 0.0133. The molecule has 8 heteroatoms. The standard InChI is InChI=1S/C18H18ClN3O4/c1-10-2-14(26-22-10)9-25-17-5-16-11(4-15(17)19)3-13(21-16)6-20-18(23)12-7-24-8-12/h2-5,12,21H,6-9H2,1H3,(H,20,23). The van der Waals surface area contributed by atoms with Crippen molar-refractivity contribution >= 4 is 28.4 Å². The molecule has 0 spiro atoms. The second-order valence-corrected chi connectivity index (χ2v) is 6.75. The maximum atomic E-state index is 11.9. The van der Waals surface area contributed by atoms with E-state index in [0.717, 1.165) is 22.3 Å². The first-order valence-electron chi connectivity index (χ1n) is 8.30. The van der Waals surface area contributed by atoms with Crippen molar-refractivity contribution in [3.8, 4) is 5.75 Å². The molecule has 1 fully saturated rings. The number of aryl methyl sites for hydroxylation is 1. The number of H-pyrrole nitrogens is 1. The van der Waals surface area contributed by atoms with E-state index < -0.39 is 0 Å². The van der Waals surface area contributed by atoms with Gasteiger partial charge in [0.25, 0.3) is 0 Å². The zero-order chi connectivity index (χ0) is 18.1. The first kappa shape index (κ1) is 16.9. The smallest absolute Gasteiger partial charge is 0.228 e. The molecule has 7 nitrogen and oxygen atoms in total. The van der Waals surface area contributed by atoms with Gasteiger partial charge in [0.15, 0.2) is 5.76 Å². The molecule has 2 N–H and O–H groups in total. The van der Waals surface area contributed by atoms with E-state index in [1.807, 2.05) is 31.2 Å². The number of aromatic nitrogens is 2. The Hall–Kier alpha value is -2.51. The van der Waals surface area contributed by atoms with Crippen molar-refractivity contribution in [3.05, 3.63) is 46.4 Å². The number of ether oxygens (including phenoxy) is 2. The van der Waals surface area contributed by atoms with E-state index in [1.165, 1.54) is 0 Å². The van der Waals surface area contributed by atoms with Crippen LogP contribution in [0.3, 0.4) is 0 Å². The van der Waals surface area contributed by atoms with Crippen LogP contribution in [0.25, 0.3) is 10.9 Å². The van der Waals surface area contributed by atoms with Crippen molar-refractivity contribution in [2.75, 3.05) is 13.2 Å². The lowest BCUT2D eigenvalue weighted by atomic mass is 10.1. The number of benzene rings is 1. The van der Waals surface area contributed by atoms with Crippen LogP contribution in [0, 0.1) is 12.8 Å². The Bertz CT molecular complexity index is 945. The highest BCUT2D eigenvalue weighted by Gasteiger charge is 2.26. The number of hydrogen-bond donors (Lipinski definition) is 2. The molecule has 1 aromatic carbocycles. The van der Waals surface area contributed by atoms with Gasteiger partial charge in [-0.05, 0) is 19.1 Å². The van der Waals surface area contributed by atoms with Gasteiger partial charge in [0, 0.05) is 28.7 Å². The second kappa shape index (κ2) is 7.01. The molecule has 1 aliphatic rings. The summed E-state index contributed by atoms with van der Waals surface area (Å²) in [7, 11) is 0. The maximum Gasteiger partial charge on any atom is 0.228 e. The number of nitrogens with one attached hydrogen (secondary N) is 2. The molecular formula is C18H18ClN3O4. The monoisotopic (exact) mass is 375 g/mol. The predicted molar refractivity (Wildman–Crippen MR) is 95.0 cm³/mol. The van der Waals surface area contributed by atoms with Gasteiger partial charge < -0.3 is 24.3 Å². The van der Waals surface area contributed by atoms with E-state index in [-0.39, 0.29) is 18.4 Å². The molecule has 0 unspecified atom stereocenters. The number of amides is 1. The Morgan fingerprint density at radius 3 is 2.92 bits per heavy atom. The van der Waals surface area contributed by atoms with Gasteiger partial charge in [-0.15, -0.1) is 0 Å². The minimum atomic E-state index is -0.0337. The molecule has 26 heavy (non-hydrogen) atoms. The van der Waals surface area contributed by atoms with Gasteiger partial charge in [0.05, 0.1) is 36.4 Å². The van der Waals surface area contributed by atoms with Crippen molar-refractivity contribution in [1.29, 1.82) is 0 Å². The van der Waals surface area contributed by atoms with E-state index >= 15 is 0 Å². The Morgan fingerprint density at radius 1 is 1.38 bits per heavy atom. The largest absolute Gasteiger partial charge is 0.484 e. The van der Waals surface area contributed by atoms with Crippen LogP contribution in [0.4, 0.5) is 0 Å². The molecule has 1 saturated heterocycles. The highest BCUT2D eigenvalue weighted by molar-refractivity contribution is 6.32. The minimum Gasteiger partial charge on any atom is -0.484 e. The van der Waals surface area contributed by atoms with Gasteiger partial charge in [0.2, 0.25) is 5.91 Å². The average molecular weight is 376 g/mol. The van der Waals surface area contributed by atoms with Gasteiger partial charge in [-0.2, -0.15) is 0 Å². The topological polar surface area (TPSA) is 89.4 Å². The number of carbonyl (C=O) groups excluding carboxylic acids is 1. The molecular weight excluding hydrogens is 358 g/mol. The number of fused-ring (bicyclic) bond motifs is 1. The molecule has 3 aromatic rings. The van der Waals surface area contributed by atoms with Crippen LogP contribution in [0.5, 0.6) is 5.75 Å². The highest BCUT2D eigenvalue weighted by Crippen LogP contribution is 2.31. The van der Waals surface area contributed by atoms with Crippen molar-refractivity contribution in [1.82, 2.24) is 15.5 Å². The van der Waals surface area contributed by atoms with Crippen molar-refractivity contribution in [2.45, 2.75) is 20.1 Å². The summed E-state index contributed by atoms with van der Waals surface area (Å²) in [5.74, 6) is 1.17. The van der Waals surface area contributed by atoms with Crippen LogP contribution in [0.15, 0.2) is 28.8 Å². The number of rotatable bonds is 6. The third-order valence-electron chi connectivity index (χ3n) is 4.24. The lowest BCUT2D eigenvalue weighted by Crippen LogP contribution is -2.41. The first-order valence-corrected chi connectivity index (χ1v) is 8.68. The summed E-state index contributed by atoms with van der Waals surface area (Å²) >= 11 is 6.31. The van der Waals surface area contributed by atoms with E-state index in [1.54, 1.807) is 0 Å². The fraction of sp³-hybridized carbons (Fsp3) is 0.333. The summed E-state index contributed by atoms with van der Waals surface area (Å²) in [6.45, 7) is 3.52. The lowest BCUT2D eigenvalue weighted by Gasteiger charge is -2.24. The number of hydrogen-bond acceptors (Lipinski definition) is 5. The van der Waals surface area contributed by atoms with E-state index in [9.17, 15) is 4.79 Å². The molecule has 1 amide bonds. The zero-order valence-electron chi connectivity index (χ0n) is 14.2. The number of nitrogens with zero attached hydrogens (tertiary/aromatic N) is 1. The first-order chi connectivity index (χ1) is 12.6. The van der Waals surface area contributed by atoms with Crippen LogP contribution < -0.4 is 10.1 Å². The molecule has 1 aliphatic heterocycles. The van der Waals surface area contributed by atoms with Gasteiger partial charge in [0.1, 0.15) is 12.4 Å². The predicted octanol–water partition coefficient (Wildman–Crippen LogP) is 2.96. The maximum absolute atomic E-state index is 11.9. The van der Waals surface area contributed by atoms with Gasteiger partial charge >= 0.3 is 0 Å². The third-order valence-corrected chi connectivity index (χ3v) is 4.53. The molecule has 0 saturated carbocycles. The van der Waals surface area contributed by atoms with Gasteiger partial charge in [-0.25, -0.2) is 0 Å². The number of halogens is 1. The molecule has 0 aliphatic carbocycles. The average Bonchev–Trinajstić information content (AvgIpc) is 3.14. The summed E-state index contributed by atoms with van der Waals surface area (Å²) < 4.78 is 15.9. The lowest BCUT2D eigenvalue weighted by molar-refractivity contribution is -0.139. The molecule has 0 bridgehead atoms. The summed E-state index contributed by atoms with van der Waals surface area (Å²) in [5, 5.41) is 8.19. The van der Waals surface area contributed by atoms with Crippen molar-refractivity contribution in [3.63, 3.8) is 0 Å². The normalized spacial score (nSPS) is 14.4. The van der Waals surface area contributed by atoms with E-state index in [0.29, 0.717) is 36.3 Å². The number of carbonyl (C=O) groups is 1. The van der Waals surface area contributed by atoms with Crippen LogP contribution >= 0.6 is 11.6 Å². The van der Waals surface area contributed by atoms with Crippen molar-refractivity contribution in [2.24, 2.45) is 5.92 Å².